The third kappa shape index (κ3) is 4.87. The van der Waals surface area contributed by atoms with E-state index in [0.29, 0.717) is 18.4 Å². The van der Waals surface area contributed by atoms with Crippen molar-refractivity contribution in [2.24, 2.45) is 0 Å². The van der Waals surface area contributed by atoms with Crippen LogP contribution in [0.3, 0.4) is 0 Å². The average Bonchev–Trinajstić information content (AvgIpc) is 2.48. The number of nitrogen functional groups attached to an aromatic ring is 1. The predicted octanol–water partition coefficient (Wildman–Crippen LogP) is 2.64. The number of hydrogen-bond donors (Lipinski definition) is 2. The molecule has 1 aromatic heterocycles. The zero-order valence-electron chi connectivity index (χ0n) is 12.1. The van der Waals surface area contributed by atoms with E-state index in [4.69, 9.17) is 10.5 Å². The van der Waals surface area contributed by atoms with Gasteiger partial charge in [-0.3, -0.25) is 0 Å². The van der Waals surface area contributed by atoms with E-state index in [9.17, 15) is 0 Å². The van der Waals surface area contributed by atoms with Crippen molar-refractivity contribution in [2.45, 2.75) is 12.2 Å². The van der Waals surface area contributed by atoms with Gasteiger partial charge in [0.05, 0.1) is 11.9 Å². The fourth-order valence-electron chi connectivity index (χ4n) is 1.68. The van der Waals surface area contributed by atoms with Gasteiger partial charge in [-0.05, 0) is 19.1 Å². The lowest BCUT2D eigenvalue weighted by molar-refractivity contribution is 0.218. The lowest BCUT2D eigenvalue weighted by Crippen LogP contribution is -2.09. The van der Waals surface area contributed by atoms with Crippen molar-refractivity contribution in [3.05, 3.63) is 36.2 Å². The summed E-state index contributed by atoms with van der Waals surface area (Å²) in [7, 11) is 1.69. The van der Waals surface area contributed by atoms with E-state index < -0.39 is 0 Å². The van der Waals surface area contributed by atoms with Crippen LogP contribution in [0.25, 0.3) is 0 Å². The van der Waals surface area contributed by atoms with Gasteiger partial charge in [0.1, 0.15) is 5.82 Å². The summed E-state index contributed by atoms with van der Waals surface area (Å²) < 4.78 is 5.04. The Morgan fingerprint density at radius 1 is 1.24 bits per heavy atom. The minimum atomic E-state index is 0.127. The van der Waals surface area contributed by atoms with Crippen LogP contribution in [0.1, 0.15) is 18.0 Å². The Morgan fingerprint density at radius 2 is 2.00 bits per heavy atom. The van der Waals surface area contributed by atoms with Crippen molar-refractivity contribution in [3.63, 3.8) is 0 Å². The molecule has 21 heavy (non-hydrogen) atoms. The third-order valence-electron chi connectivity index (χ3n) is 2.72. The van der Waals surface area contributed by atoms with E-state index in [1.165, 1.54) is 0 Å². The number of anilines is 3. The normalized spacial score (nSPS) is 12.1. The van der Waals surface area contributed by atoms with Gasteiger partial charge in [-0.1, -0.05) is 18.2 Å². The molecule has 0 saturated heterocycles. The highest BCUT2D eigenvalue weighted by atomic mass is 32.2. The van der Waals surface area contributed by atoms with Gasteiger partial charge in [0.2, 0.25) is 11.9 Å². The van der Waals surface area contributed by atoms with Gasteiger partial charge in [-0.25, -0.2) is 0 Å². The number of aromatic nitrogens is 3. The van der Waals surface area contributed by atoms with Gasteiger partial charge in [0, 0.05) is 18.6 Å². The van der Waals surface area contributed by atoms with Crippen LogP contribution in [0.15, 0.2) is 30.3 Å². The molecule has 1 heterocycles. The zero-order valence-corrected chi connectivity index (χ0v) is 12.9. The molecule has 0 aliphatic carbocycles. The molecule has 0 fully saturated rings. The van der Waals surface area contributed by atoms with Crippen LogP contribution in [0.5, 0.6) is 0 Å². The number of thioether (sulfide) groups is 1. The maximum absolute atomic E-state index is 5.77. The summed E-state index contributed by atoms with van der Waals surface area (Å²) in [4.78, 5) is 12.8. The lowest BCUT2D eigenvalue weighted by Gasteiger charge is -2.12. The van der Waals surface area contributed by atoms with E-state index in [2.05, 4.69) is 20.3 Å². The fraction of sp³-hybridized carbons (Fsp3) is 0.357. The SMILES string of the molecule is COCCS[C@H](C)c1nc(N)nc(Nc2ccccc2)n1. The summed E-state index contributed by atoms with van der Waals surface area (Å²) in [6, 6.07) is 9.72. The summed E-state index contributed by atoms with van der Waals surface area (Å²) in [5.41, 5.74) is 6.68. The Morgan fingerprint density at radius 3 is 2.71 bits per heavy atom. The summed E-state index contributed by atoms with van der Waals surface area (Å²) in [6.45, 7) is 2.74. The molecule has 3 N–H and O–H groups in total. The first kappa shape index (κ1) is 15.5. The first-order valence-electron chi connectivity index (χ1n) is 6.63. The van der Waals surface area contributed by atoms with E-state index in [1.807, 2.05) is 37.3 Å². The number of para-hydroxylation sites is 1. The number of hydrogen-bond acceptors (Lipinski definition) is 7. The minimum absolute atomic E-state index is 0.127. The number of ether oxygens (including phenoxy) is 1. The van der Waals surface area contributed by atoms with E-state index in [-0.39, 0.29) is 11.2 Å². The molecule has 2 rings (SSSR count). The molecule has 0 aliphatic rings. The van der Waals surface area contributed by atoms with Crippen molar-refractivity contribution in [1.82, 2.24) is 15.0 Å². The van der Waals surface area contributed by atoms with Gasteiger partial charge in [-0.2, -0.15) is 15.0 Å². The van der Waals surface area contributed by atoms with Crippen molar-refractivity contribution in [3.8, 4) is 0 Å². The number of rotatable bonds is 7. The quantitative estimate of drug-likeness (QED) is 0.760. The molecule has 0 spiro atoms. The Bertz CT molecular complexity index is 567. The number of nitrogens with zero attached hydrogens (tertiary/aromatic N) is 3. The highest BCUT2D eigenvalue weighted by molar-refractivity contribution is 7.99. The van der Waals surface area contributed by atoms with Crippen LogP contribution < -0.4 is 11.1 Å². The molecule has 112 valence electrons. The fourth-order valence-corrected chi connectivity index (χ4v) is 2.55. The number of nitrogens with two attached hydrogens (primary N) is 1. The van der Waals surface area contributed by atoms with Crippen LogP contribution in [-0.4, -0.2) is 34.4 Å². The van der Waals surface area contributed by atoms with Gasteiger partial charge < -0.3 is 15.8 Å². The molecular weight excluding hydrogens is 286 g/mol. The summed E-state index contributed by atoms with van der Waals surface area (Å²) in [6.07, 6.45) is 0. The maximum atomic E-state index is 5.77. The molecule has 1 aromatic carbocycles. The second-order valence-corrected chi connectivity index (χ2v) is 5.82. The molecule has 1 atom stereocenters. The molecule has 0 unspecified atom stereocenters. The van der Waals surface area contributed by atoms with E-state index in [1.54, 1.807) is 18.9 Å². The first-order chi connectivity index (χ1) is 10.2. The van der Waals surface area contributed by atoms with Crippen molar-refractivity contribution < 1.29 is 4.74 Å². The van der Waals surface area contributed by atoms with Gasteiger partial charge in [0.25, 0.3) is 0 Å². The number of benzene rings is 1. The molecule has 7 heteroatoms. The largest absolute Gasteiger partial charge is 0.384 e. The van der Waals surface area contributed by atoms with Crippen LogP contribution in [0.2, 0.25) is 0 Å². The summed E-state index contributed by atoms with van der Waals surface area (Å²) in [5, 5.41) is 3.26. The van der Waals surface area contributed by atoms with Crippen molar-refractivity contribution >= 4 is 29.3 Å². The van der Waals surface area contributed by atoms with Crippen LogP contribution in [0.4, 0.5) is 17.6 Å². The average molecular weight is 305 g/mol. The smallest absolute Gasteiger partial charge is 0.232 e. The molecule has 0 saturated carbocycles. The first-order valence-corrected chi connectivity index (χ1v) is 7.68. The third-order valence-corrected chi connectivity index (χ3v) is 3.83. The number of methoxy groups -OCH3 is 1. The Kier molecular flexibility index (Phi) is 5.77. The molecule has 0 bridgehead atoms. The van der Waals surface area contributed by atoms with E-state index >= 15 is 0 Å². The summed E-state index contributed by atoms with van der Waals surface area (Å²) in [5.74, 6) is 2.23. The van der Waals surface area contributed by atoms with Gasteiger partial charge in [-0.15, -0.1) is 11.8 Å². The number of nitrogens with one attached hydrogen (secondary N) is 1. The molecule has 0 radical (unpaired) electrons. The Hall–Kier alpha value is -1.86. The Labute approximate surface area is 128 Å². The Balaban J connectivity index is 2.09. The van der Waals surface area contributed by atoms with Gasteiger partial charge in [0.15, 0.2) is 0 Å². The van der Waals surface area contributed by atoms with Crippen LogP contribution in [-0.2, 0) is 4.74 Å². The van der Waals surface area contributed by atoms with Crippen LogP contribution in [0, 0.1) is 0 Å². The van der Waals surface area contributed by atoms with Crippen molar-refractivity contribution in [1.29, 1.82) is 0 Å². The second-order valence-electron chi connectivity index (χ2n) is 4.37. The highest BCUT2D eigenvalue weighted by Crippen LogP contribution is 2.26. The van der Waals surface area contributed by atoms with Gasteiger partial charge >= 0.3 is 0 Å². The topological polar surface area (TPSA) is 86.0 Å². The predicted molar refractivity (Wildman–Crippen MR) is 86.7 cm³/mol. The highest BCUT2D eigenvalue weighted by Gasteiger charge is 2.12. The molecule has 0 aliphatic heterocycles. The zero-order chi connectivity index (χ0) is 15.1. The molecule has 2 aromatic rings. The molecular formula is C14H19N5OS. The molecule has 0 amide bonds. The second kappa shape index (κ2) is 7.80. The minimum Gasteiger partial charge on any atom is -0.384 e. The standard InChI is InChI=1S/C14H19N5OS/c1-10(21-9-8-20-2)12-17-13(15)19-14(18-12)16-11-6-4-3-5-7-11/h3-7,10H,8-9H2,1-2H3,(H3,15,16,17,18,19)/t10-/m1/s1. The van der Waals surface area contributed by atoms with Crippen molar-refractivity contribution in [2.75, 3.05) is 30.5 Å². The van der Waals surface area contributed by atoms with E-state index in [0.717, 1.165) is 11.4 Å². The summed E-state index contributed by atoms with van der Waals surface area (Å²) >= 11 is 1.72. The lowest BCUT2D eigenvalue weighted by atomic mass is 10.3. The maximum Gasteiger partial charge on any atom is 0.232 e. The monoisotopic (exact) mass is 305 g/mol. The van der Waals surface area contributed by atoms with Crippen LogP contribution >= 0.6 is 11.8 Å². The molecule has 6 nitrogen and oxygen atoms in total.